The Morgan fingerprint density at radius 3 is 3.04 bits per heavy atom. The van der Waals surface area contributed by atoms with E-state index in [4.69, 9.17) is 4.42 Å². The van der Waals surface area contributed by atoms with Crippen molar-refractivity contribution in [3.8, 4) is 0 Å². The number of hydrogen-bond acceptors (Lipinski definition) is 3. The van der Waals surface area contributed by atoms with Gasteiger partial charge in [0.2, 0.25) is 5.91 Å². The van der Waals surface area contributed by atoms with Crippen LogP contribution < -0.4 is 0 Å². The number of amides is 1. The highest BCUT2D eigenvalue weighted by Crippen LogP contribution is 2.28. The van der Waals surface area contributed by atoms with Gasteiger partial charge < -0.3 is 19.4 Å². The molecule has 0 aliphatic carbocycles. The Labute approximate surface area is 146 Å². The number of hydrogen-bond donors (Lipinski definition) is 2. The quantitative estimate of drug-likeness (QED) is 0.749. The molecule has 0 spiro atoms. The highest BCUT2D eigenvalue weighted by molar-refractivity contribution is 5.89. The molecule has 1 fully saturated rings. The Morgan fingerprint density at radius 1 is 1.32 bits per heavy atom. The molecule has 5 heteroatoms. The first-order valence-electron chi connectivity index (χ1n) is 8.78. The minimum atomic E-state index is -0.665. The van der Waals surface area contributed by atoms with Crippen LogP contribution >= 0.6 is 0 Å². The standard InChI is InChI=1S/C20H22N2O3/c23-18(19-8-4-10-25-19)12-15-5-3-9-22(15)20(24)11-14-13-21-17-7-2-1-6-16(14)17/h1-2,4,6-8,10,13,15,18,21,23H,3,5,9,11-12H2. The Kier molecular flexibility index (Phi) is 4.32. The minimum absolute atomic E-state index is 0.0674. The van der Waals surface area contributed by atoms with Crippen molar-refractivity contribution in [3.05, 3.63) is 60.2 Å². The SMILES string of the molecule is O=C(Cc1c[nH]c2ccccc12)N1CCCC1CC(O)c1ccco1. The summed E-state index contributed by atoms with van der Waals surface area (Å²) in [4.78, 5) is 18.0. The number of benzene rings is 1. The van der Waals surface area contributed by atoms with Crippen LogP contribution in [0.2, 0.25) is 0 Å². The summed E-state index contributed by atoms with van der Waals surface area (Å²) in [7, 11) is 0. The molecule has 0 radical (unpaired) electrons. The van der Waals surface area contributed by atoms with Gasteiger partial charge in [0.1, 0.15) is 11.9 Å². The number of nitrogens with one attached hydrogen (secondary N) is 1. The first-order chi connectivity index (χ1) is 12.2. The second-order valence-electron chi connectivity index (χ2n) is 6.69. The van der Waals surface area contributed by atoms with Crippen LogP contribution in [0.25, 0.3) is 10.9 Å². The van der Waals surface area contributed by atoms with Gasteiger partial charge in [0.15, 0.2) is 0 Å². The van der Waals surface area contributed by atoms with Gasteiger partial charge >= 0.3 is 0 Å². The van der Waals surface area contributed by atoms with Crippen molar-refractivity contribution in [2.45, 2.75) is 37.8 Å². The lowest BCUT2D eigenvalue weighted by Crippen LogP contribution is -2.37. The largest absolute Gasteiger partial charge is 0.467 e. The summed E-state index contributed by atoms with van der Waals surface area (Å²) in [6.07, 6.45) is 5.64. The van der Waals surface area contributed by atoms with E-state index in [1.54, 1.807) is 18.4 Å². The summed E-state index contributed by atoms with van der Waals surface area (Å²) in [6, 6.07) is 11.6. The maximum atomic E-state index is 12.8. The van der Waals surface area contributed by atoms with Crippen LogP contribution in [-0.4, -0.2) is 33.5 Å². The zero-order chi connectivity index (χ0) is 17.2. The molecule has 1 aliphatic rings. The molecular weight excluding hydrogens is 316 g/mol. The first kappa shape index (κ1) is 16.0. The molecule has 2 N–H and O–H groups in total. The number of likely N-dealkylation sites (tertiary alicyclic amines) is 1. The van der Waals surface area contributed by atoms with E-state index in [0.29, 0.717) is 18.6 Å². The highest BCUT2D eigenvalue weighted by Gasteiger charge is 2.31. The number of H-pyrrole nitrogens is 1. The van der Waals surface area contributed by atoms with Gasteiger partial charge in [-0.05, 0) is 36.6 Å². The van der Waals surface area contributed by atoms with Gasteiger partial charge in [-0.3, -0.25) is 4.79 Å². The number of rotatable bonds is 5. The molecule has 130 valence electrons. The number of fused-ring (bicyclic) bond motifs is 1. The van der Waals surface area contributed by atoms with E-state index in [1.807, 2.05) is 35.4 Å². The Hall–Kier alpha value is -2.53. The van der Waals surface area contributed by atoms with Crippen molar-refractivity contribution in [1.29, 1.82) is 0 Å². The maximum absolute atomic E-state index is 12.8. The van der Waals surface area contributed by atoms with Crippen LogP contribution in [0, 0.1) is 0 Å². The lowest BCUT2D eigenvalue weighted by molar-refractivity contribution is -0.131. The third-order valence-corrected chi connectivity index (χ3v) is 5.08. The second-order valence-corrected chi connectivity index (χ2v) is 6.69. The summed E-state index contributed by atoms with van der Waals surface area (Å²) in [6.45, 7) is 0.761. The predicted octanol–water partition coefficient (Wildman–Crippen LogP) is 3.42. The fraction of sp³-hybridized carbons (Fsp3) is 0.350. The molecule has 3 aromatic rings. The van der Waals surface area contributed by atoms with E-state index >= 15 is 0 Å². The molecule has 0 bridgehead atoms. The van der Waals surface area contributed by atoms with Crippen molar-refractivity contribution >= 4 is 16.8 Å². The number of aliphatic hydroxyl groups is 1. The van der Waals surface area contributed by atoms with Gasteiger partial charge in [0, 0.05) is 36.1 Å². The van der Waals surface area contributed by atoms with Gasteiger partial charge in [-0.2, -0.15) is 0 Å². The number of nitrogens with zero attached hydrogens (tertiary/aromatic N) is 1. The number of furan rings is 1. The van der Waals surface area contributed by atoms with Crippen molar-refractivity contribution in [1.82, 2.24) is 9.88 Å². The van der Waals surface area contributed by atoms with Gasteiger partial charge in [-0.15, -0.1) is 0 Å². The highest BCUT2D eigenvalue weighted by atomic mass is 16.4. The van der Waals surface area contributed by atoms with Gasteiger partial charge in [-0.25, -0.2) is 0 Å². The number of carbonyl (C=O) groups excluding carboxylic acids is 1. The fourth-order valence-corrected chi connectivity index (χ4v) is 3.81. The van der Waals surface area contributed by atoms with Crippen molar-refractivity contribution < 1.29 is 14.3 Å². The lowest BCUT2D eigenvalue weighted by Gasteiger charge is -2.26. The van der Waals surface area contributed by atoms with Crippen LogP contribution in [0.4, 0.5) is 0 Å². The summed E-state index contributed by atoms with van der Waals surface area (Å²) in [5.41, 5.74) is 2.08. The van der Waals surface area contributed by atoms with Crippen molar-refractivity contribution in [2.75, 3.05) is 6.54 Å². The number of aliphatic hydroxyl groups excluding tert-OH is 1. The molecule has 4 rings (SSSR count). The van der Waals surface area contributed by atoms with Gasteiger partial charge in [0.25, 0.3) is 0 Å². The topological polar surface area (TPSA) is 69.5 Å². The summed E-state index contributed by atoms with van der Waals surface area (Å²) in [5.74, 6) is 0.690. The van der Waals surface area contributed by atoms with Crippen LogP contribution in [0.15, 0.2) is 53.3 Å². The van der Waals surface area contributed by atoms with Crippen LogP contribution in [0.3, 0.4) is 0 Å². The molecule has 5 nitrogen and oxygen atoms in total. The number of aromatic nitrogens is 1. The Balaban J connectivity index is 1.45. The molecular formula is C20H22N2O3. The maximum Gasteiger partial charge on any atom is 0.227 e. The van der Waals surface area contributed by atoms with Crippen LogP contribution in [0.1, 0.15) is 36.7 Å². The molecule has 1 aromatic carbocycles. The molecule has 1 amide bonds. The van der Waals surface area contributed by atoms with E-state index in [9.17, 15) is 9.90 Å². The molecule has 2 atom stereocenters. The van der Waals surface area contributed by atoms with Crippen molar-refractivity contribution in [3.63, 3.8) is 0 Å². The summed E-state index contributed by atoms with van der Waals surface area (Å²) in [5, 5.41) is 11.4. The van der Waals surface area contributed by atoms with E-state index in [0.717, 1.165) is 35.9 Å². The first-order valence-corrected chi connectivity index (χ1v) is 8.78. The number of aromatic amines is 1. The minimum Gasteiger partial charge on any atom is -0.467 e. The zero-order valence-electron chi connectivity index (χ0n) is 14.0. The van der Waals surface area contributed by atoms with Gasteiger partial charge in [0.05, 0.1) is 12.7 Å². The number of para-hydroxylation sites is 1. The molecule has 3 heterocycles. The lowest BCUT2D eigenvalue weighted by atomic mass is 10.0. The van der Waals surface area contributed by atoms with Crippen molar-refractivity contribution in [2.24, 2.45) is 0 Å². The van der Waals surface area contributed by atoms with Gasteiger partial charge in [-0.1, -0.05) is 18.2 Å². The van der Waals surface area contributed by atoms with E-state index in [-0.39, 0.29) is 11.9 Å². The molecule has 1 saturated heterocycles. The third kappa shape index (κ3) is 3.20. The average molecular weight is 338 g/mol. The molecule has 2 unspecified atom stereocenters. The third-order valence-electron chi connectivity index (χ3n) is 5.08. The zero-order valence-corrected chi connectivity index (χ0v) is 14.0. The summed E-state index contributed by atoms with van der Waals surface area (Å²) >= 11 is 0. The molecule has 25 heavy (non-hydrogen) atoms. The molecule has 0 saturated carbocycles. The number of carbonyl (C=O) groups is 1. The van der Waals surface area contributed by atoms with Crippen LogP contribution in [-0.2, 0) is 11.2 Å². The summed E-state index contributed by atoms with van der Waals surface area (Å²) < 4.78 is 5.28. The van der Waals surface area contributed by atoms with E-state index in [1.165, 1.54) is 0 Å². The van der Waals surface area contributed by atoms with Crippen LogP contribution in [0.5, 0.6) is 0 Å². The monoisotopic (exact) mass is 338 g/mol. The molecule has 2 aromatic heterocycles. The fourth-order valence-electron chi connectivity index (χ4n) is 3.81. The van der Waals surface area contributed by atoms with E-state index < -0.39 is 6.10 Å². The average Bonchev–Trinajstić information content (AvgIpc) is 3.36. The normalized spacial score (nSPS) is 18.8. The predicted molar refractivity (Wildman–Crippen MR) is 95.0 cm³/mol. The Bertz CT molecular complexity index is 853. The van der Waals surface area contributed by atoms with E-state index in [2.05, 4.69) is 4.98 Å². The Morgan fingerprint density at radius 2 is 2.20 bits per heavy atom. The second kappa shape index (κ2) is 6.76. The molecule has 1 aliphatic heterocycles. The smallest absolute Gasteiger partial charge is 0.227 e.